The molecule has 0 radical (unpaired) electrons. The maximum atomic E-state index is 12.9. The van der Waals surface area contributed by atoms with E-state index in [2.05, 4.69) is 4.90 Å². The van der Waals surface area contributed by atoms with E-state index >= 15 is 0 Å². The van der Waals surface area contributed by atoms with Gasteiger partial charge in [-0.15, -0.1) is 11.8 Å². The molecule has 2 aromatic rings. The number of anilines is 2. The first-order valence-electron chi connectivity index (χ1n) is 9.73. The number of amides is 2. The number of carbonyl (C=O) groups excluding carboxylic acids is 3. The first-order chi connectivity index (χ1) is 14.0. The number of carboxylic acids is 1. The molecule has 2 fully saturated rings. The minimum Gasteiger partial charge on any atom is -0.545 e. The summed E-state index contributed by atoms with van der Waals surface area (Å²) in [5, 5.41) is 10.7. The smallest absolute Gasteiger partial charge is 0.247 e. The molecule has 0 saturated carbocycles. The minimum absolute atomic E-state index is 0.0297. The van der Waals surface area contributed by atoms with E-state index in [-0.39, 0.29) is 23.8 Å². The number of hydrogen-bond donors (Lipinski definition) is 0. The molecule has 2 heterocycles. The fraction of sp³-hybridized carbons (Fsp3) is 0.318. The van der Waals surface area contributed by atoms with Gasteiger partial charge >= 0.3 is 0 Å². The number of rotatable bonds is 5. The van der Waals surface area contributed by atoms with Crippen LogP contribution in [0.15, 0.2) is 53.4 Å². The molecule has 2 saturated heterocycles. The van der Waals surface area contributed by atoms with E-state index in [1.165, 1.54) is 30.2 Å². The summed E-state index contributed by atoms with van der Waals surface area (Å²) in [6.07, 6.45) is 3.65. The van der Waals surface area contributed by atoms with Gasteiger partial charge in [0.1, 0.15) is 0 Å². The molecular formula is C22H21N2O4S-. The first-order valence-corrected chi connectivity index (χ1v) is 10.6. The third-order valence-electron chi connectivity index (χ3n) is 5.31. The third-order valence-corrected chi connectivity index (χ3v) is 6.57. The lowest BCUT2D eigenvalue weighted by Gasteiger charge is -2.29. The van der Waals surface area contributed by atoms with Gasteiger partial charge in [-0.25, -0.2) is 4.90 Å². The summed E-state index contributed by atoms with van der Waals surface area (Å²) in [5.74, 6) is -1.89. The van der Waals surface area contributed by atoms with Crippen molar-refractivity contribution in [1.29, 1.82) is 0 Å². The Balaban J connectivity index is 1.50. The van der Waals surface area contributed by atoms with Crippen LogP contribution in [0.5, 0.6) is 0 Å². The Bertz CT molecular complexity index is 938. The number of imide groups is 1. The molecular weight excluding hydrogens is 388 g/mol. The highest BCUT2D eigenvalue weighted by Crippen LogP contribution is 2.36. The molecule has 2 aromatic carbocycles. The Morgan fingerprint density at radius 3 is 2.28 bits per heavy atom. The highest BCUT2D eigenvalue weighted by atomic mass is 32.2. The van der Waals surface area contributed by atoms with Crippen molar-refractivity contribution < 1.29 is 19.5 Å². The molecule has 4 rings (SSSR count). The fourth-order valence-electron chi connectivity index (χ4n) is 3.82. The lowest BCUT2D eigenvalue weighted by molar-refractivity contribution is -0.255. The van der Waals surface area contributed by atoms with Crippen LogP contribution in [-0.2, 0) is 9.59 Å². The number of benzene rings is 2. The Labute approximate surface area is 173 Å². The monoisotopic (exact) mass is 409 g/mol. The minimum atomic E-state index is -1.30. The molecule has 2 aliphatic rings. The molecule has 0 spiro atoms. The topological polar surface area (TPSA) is 80.8 Å². The number of carboxylic acid groups (broad SMARTS) is 1. The van der Waals surface area contributed by atoms with Crippen molar-refractivity contribution in [3.8, 4) is 0 Å². The average Bonchev–Trinajstić information content (AvgIpc) is 3.02. The van der Waals surface area contributed by atoms with Crippen LogP contribution in [0.4, 0.5) is 11.4 Å². The number of nitrogens with zero attached hydrogens (tertiary/aromatic N) is 2. The number of piperidine rings is 1. The van der Waals surface area contributed by atoms with E-state index in [1.807, 2.05) is 24.3 Å². The van der Waals surface area contributed by atoms with Crippen LogP contribution < -0.4 is 14.9 Å². The van der Waals surface area contributed by atoms with E-state index in [0.717, 1.165) is 30.5 Å². The molecule has 0 aromatic heterocycles. The Morgan fingerprint density at radius 1 is 0.931 bits per heavy atom. The molecule has 7 heteroatoms. The molecule has 2 aliphatic heterocycles. The van der Waals surface area contributed by atoms with Crippen LogP contribution in [0.3, 0.4) is 0 Å². The molecule has 2 amide bonds. The third kappa shape index (κ3) is 4.00. The standard InChI is InChI=1S/C22H22N2O4S/c25-20-14-19(29-18-7-3-2-6-17(18)22(27)28)21(26)24(20)16-10-8-15(9-11-16)23-12-4-1-5-13-23/h2-3,6-11,19H,1,4-5,12-14H2,(H,27,28)/p-1/t19-/m1/s1. The molecule has 0 bridgehead atoms. The zero-order valence-corrected chi connectivity index (χ0v) is 16.7. The Morgan fingerprint density at radius 2 is 1.59 bits per heavy atom. The predicted octanol–water partition coefficient (Wildman–Crippen LogP) is 2.46. The maximum Gasteiger partial charge on any atom is 0.247 e. The van der Waals surface area contributed by atoms with E-state index in [9.17, 15) is 19.5 Å². The highest BCUT2D eigenvalue weighted by Gasteiger charge is 2.40. The van der Waals surface area contributed by atoms with Gasteiger partial charge in [-0.05, 0) is 49.6 Å². The van der Waals surface area contributed by atoms with Gasteiger partial charge in [-0.1, -0.05) is 18.2 Å². The van der Waals surface area contributed by atoms with Crippen molar-refractivity contribution in [2.45, 2.75) is 35.8 Å². The van der Waals surface area contributed by atoms with Crippen LogP contribution in [0.1, 0.15) is 36.0 Å². The molecule has 0 N–H and O–H groups in total. The van der Waals surface area contributed by atoms with Crippen molar-refractivity contribution >= 4 is 40.9 Å². The summed E-state index contributed by atoms with van der Waals surface area (Å²) in [6.45, 7) is 2.05. The van der Waals surface area contributed by atoms with Crippen LogP contribution in [0, 0.1) is 0 Å². The lowest BCUT2D eigenvalue weighted by Crippen LogP contribution is -2.32. The second-order valence-corrected chi connectivity index (χ2v) is 8.47. The van der Waals surface area contributed by atoms with E-state index in [4.69, 9.17) is 0 Å². The second kappa shape index (κ2) is 8.29. The summed E-state index contributed by atoms with van der Waals surface area (Å²) >= 11 is 1.10. The van der Waals surface area contributed by atoms with E-state index in [0.29, 0.717) is 10.6 Å². The summed E-state index contributed by atoms with van der Waals surface area (Å²) < 4.78 is 0. The van der Waals surface area contributed by atoms with Crippen molar-refractivity contribution in [2.24, 2.45) is 0 Å². The van der Waals surface area contributed by atoms with Gasteiger partial charge in [-0.2, -0.15) is 0 Å². The van der Waals surface area contributed by atoms with Crippen molar-refractivity contribution in [1.82, 2.24) is 0 Å². The van der Waals surface area contributed by atoms with Crippen LogP contribution in [0.25, 0.3) is 0 Å². The summed E-state index contributed by atoms with van der Waals surface area (Å²) in [6, 6.07) is 13.9. The van der Waals surface area contributed by atoms with Gasteiger partial charge < -0.3 is 14.8 Å². The van der Waals surface area contributed by atoms with Crippen molar-refractivity contribution in [3.05, 3.63) is 54.1 Å². The summed E-state index contributed by atoms with van der Waals surface area (Å²) in [7, 11) is 0. The van der Waals surface area contributed by atoms with Crippen LogP contribution >= 0.6 is 11.8 Å². The lowest BCUT2D eigenvalue weighted by atomic mass is 10.1. The Hall–Kier alpha value is -2.80. The average molecular weight is 409 g/mol. The number of carbonyl (C=O) groups is 3. The zero-order chi connectivity index (χ0) is 20.4. The Kier molecular flexibility index (Phi) is 5.58. The zero-order valence-electron chi connectivity index (χ0n) is 15.9. The van der Waals surface area contributed by atoms with Gasteiger partial charge in [0.15, 0.2) is 0 Å². The van der Waals surface area contributed by atoms with Crippen LogP contribution in [-0.4, -0.2) is 36.1 Å². The summed E-state index contributed by atoms with van der Waals surface area (Å²) in [4.78, 5) is 40.7. The predicted molar refractivity (Wildman–Crippen MR) is 110 cm³/mol. The normalized spacial score (nSPS) is 19.7. The SMILES string of the molecule is O=C([O-])c1ccccc1S[C@@H]1CC(=O)N(c2ccc(N3CCCCC3)cc2)C1=O. The molecule has 1 atom stereocenters. The van der Waals surface area contributed by atoms with E-state index < -0.39 is 11.2 Å². The quantitative estimate of drug-likeness (QED) is 0.706. The summed E-state index contributed by atoms with van der Waals surface area (Å²) in [5.41, 5.74) is 1.68. The molecule has 0 unspecified atom stereocenters. The second-order valence-electron chi connectivity index (χ2n) is 7.23. The van der Waals surface area contributed by atoms with Gasteiger partial charge in [0.2, 0.25) is 11.8 Å². The molecule has 29 heavy (non-hydrogen) atoms. The molecule has 0 aliphatic carbocycles. The largest absolute Gasteiger partial charge is 0.545 e. The number of hydrogen-bond acceptors (Lipinski definition) is 6. The van der Waals surface area contributed by atoms with Gasteiger partial charge in [-0.3, -0.25) is 9.59 Å². The molecule has 6 nitrogen and oxygen atoms in total. The van der Waals surface area contributed by atoms with Crippen molar-refractivity contribution in [2.75, 3.05) is 22.9 Å². The van der Waals surface area contributed by atoms with Crippen LogP contribution in [0.2, 0.25) is 0 Å². The van der Waals surface area contributed by atoms with E-state index in [1.54, 1.807) is 18.2 Å². The maximum absolute atomic E-state index is 12.9. The van der Waals surface area contributed by atoms with Crippen molar-refractivity contribution in [3.63, 3.8) is 0 Å². The highest BCUT2D eigenvalue weighted by molar-refractivity contribution is 8.00. The van der Waals surface area contributed by atoms with Gasteiger partial charge in [0.05, 0.1) is 16.9 Å². The number of aromatic carboxylic acids is 1. The van der Waals surface area contributed by atoms with Gasteiger partial charge in [0.25, 0.3) is 0 Å². The van der Waals surface area contributed by atoms with Gasteiger partial charge in [0, 0.05) is 35.7 Å². The first kappa shape index (κ1) is 19.5. The molecule has 150 valence electrons. The number of thioether (sulfide) groups is 1. The fourth-order valence-corrected chi connectivity index (χ4v) is 5.00.